The van der Waals surface area contributed by atoms with E-state index in [2.05, 4.69) is 136 Å². The van der Waals surface area contributed by atoms with E-state index in [1.165, 1.54) is 84.0 Å². The van der Waals surface area contributed by atoms with Crippen molar-refractivity contribution < 1.29 is 9.15 Å². The van der Waals surface area contributed by atoms with Gasteiger partial charge in [-0.1, -0.05) is 76.2 Å². The van der Waals surface area contributed by atoms with Crippen LogP contribution >= 0.6 is 0 Å². The smallest absolute Gasteiger partial charge is 0.137 e. The van der Waals surface area contributed by atoms with Crippen LogP contribution in [0.4, 0.5) is 17.1 Å². The number of fused-ring (bicyclic) bond motifs is 12. The number of nitrogens with zero attached hydrogens (tertiary/aromatic N) is 1. The van der Waals surface area contributed by atoms with Crippen molar-refractivity contribution in [3.05, 3.63) is 125 Å². The van der Waals surface area contributed by atoms with E-state index >= 15 is 0 Å². The lowest BCUT2D eigenvalue weighted by Crippen LogP contribution is -2.64. The number of rotatable bonds is 3. The maximum atomic E-state index is 6.89. The molecule has 4 atom stereocenters. The molecule has 4 fully saturated rings. The zero-order valence-corrected chi connectivity index (χ0v) is 30.8. The van der Waals surface area contributed by atoms with Gasteiger partial charge in [0.1, 0.15) is 22.7 Å². The van der Waals surface area contributed by atoms with Gasteiger partial charge in [-0.3, -0.25) is 0 Å². The molecule has 260 valence electrons. The molecule has 0 radical (unpaired) electrons. The molecule has 0 saturated heterocycles. The van der Waals surface area contributed by atoms with Crippen LogP contribution < -0.4 is 9.64 Å². The fourth-order valence-corrected chi connectivity index (χ4v) is 13.6. The first-order valence-corrected chi connectivity index (χ1v) is 19.9. The number of hydrogen-bond acceptors (Lipinski definition) is 3. The minimum absolute atomic E-state index is 0.00594. The lowest BCUT2D eigenvalue weighted by molar-refractivity contribution is -0.0882. The number of benzene rings is 5. The Balaban J connectivity index is 1.12. The highest BCUT2D eigenvalue weighted by Gasteiger charge is 2.79. The molecule has 0 N–H and O–H groups in total. The molecule has 2 spiro atoms. The minimum Gasteiger partial charge on any atom is -0.457 e. The van der Waals surface area contributed by atoms with E-state index in [4.69, 9.17) is 9.15 Å². The molecule has 6 aromatic rings. The second-order valence-electron chi connectivity index (χ2n) is 18.9. The summed E-state index contributed by atoms with van der Waals surface area (Å²) in [4.78, 5) is 2.55. The van der Waals surface area contributed by atoms with Gasteiger partial charge in [0.25, 0.3) is 0 Å². The highest BCUT2D eigenvalue weighted by atomic mass is 16.5. The third kappa shape index (κ3) is 3.59. The zero-order chi connectivity index (χ0) is 34.8. The SMILES string of the molecule is CC1(C)CCC(C)(C)c2cc(N(c3ccc4c(c3)C3(c5ccccc5O4)C4CC5CC6CC3C4(C5)C6)c3cccc4oc5ccccc5c34)ccc21. The van der Waals surface area contributed by atoms with Gasteiger partial charge >= 0.3 is 0 Å². The van der Waals surface area contributed by atoms with Crippen molar-refractivity contribution in [2.45, 2.75) is 88.9 Å². The maximum Gasteiger partial charge on any atom is 0.137 e. The Hall–Kier alpha value is -4.50. The van der Waals surface area contributed by atoms with Gasteiger partial charge in [-0.05, 0) is 151 Å². The molecule has 52 heavy (non-hydrogen) atoms. The van der Waals surface area contributed by atoms with E-state index in [0.717, 1.165) is 45.6 Å². The summed E-state index contributed by atoms with van der Waals surface area (Å²) in [5.41, 5.74) is 12.0. The number of hydrogen-bond donors (Lipinski definition) is 0. The molecule has 1 aromatic heterocycles. The largest absolute Gasteiger partial charge is 0.457 e. The Bertz CT molecular complexity index is 2470. The van der Waals surface area contributed by atoms with Gasteiger partial charge in [-0.2, -0.15) is 0 Å². The standard InChI is InChI=1S/C49H47NO2/c1-46(2)20-21-47(3,4)36-25-31(16-18-34(36)46)50(38-12-9-15-42-45(38)33-10-5-7-13-39(33)51-42)32-17-19-41-37(26-32)49(35-11-6-8-14-40(35)52-41)43-23-29-22-30-24-44(49)48(43,27-29)28-30/h5-19,25-26,29-30,43-44H,20-24,27-28H2,1-4H3. The van der Waals surface area contributed by atoms with Crippen LogP contribution in [0.15, 0.2) is 108 Å². The maximum absolute atomic E-state index is 6.89. The van der Waals surface area contributed by atoms with E-state index in [0.29, 0.717) is 17.3 Å². The Labute approximate surface area is 307 Å². The van der Waals surface area contributed by atoms with Crippen molar-refractivity contribution in [2.75, 3.05) is 4.90 Å². The number of furan rings is 1. The lowest BCUT2D eigenvalue weighted by Gasteiger charge is -2.66. The number of ether oxygens (including phenoxy) is 1. The third-order valence-corrected chi connectivity index (χ3v) is 15.6. The van der Waals surface area contributed by atoms with Crippen molar-refractivity contribution in [3.63, 3.8) is 0 Å². The van der Waals surface area contributed by atoms with Crippen LogP contribution in [-0.4, -0.2) is 0 Å². The molecule has 5 aliphatic carbocycles. The van der Waals surface area contributed by atoms with E-state index in [1.807, 2.05) is 0 Å². The van der Waals surface area contributed by atoms with E-state index in [-0.39, 0.29) is 16.2 Å². The molecule has 3 bridgehead atoms. The van der Waals surface area contributed by atoms with Crippen LogP contribution in [0.25, 0.3) is 21.9 Å². The van der Waals surface area contributed by atoms with E-state index < -0.39 is 0 Å². The van der Waals surface area contributed by atoms with Crippen molar-refractivity contribution in [1.29, 1.82) is 0 Å². The molecule has 4 unspecified atom stereocenters. The fourth-order valence-electron chi connectivity index (χ4n) is 13.6. The van der Waals surface area contributed by atoms with Crippen LogP contribution in [0.3, 0.4) is 0 Å². The Morgan fingerprint density at radius 2 is 1.23 bits per heavy atom. The first-order valence-electron chi connectivity index (χ1n) is 19.9. The van der Waals surface area contributed by atoms with Gasteiger partial charge in [-0.25, -0.2) is 0 Å². The zero-order valence-electron chi connectivity index (χ0n) is 30.8. The monoisotopic (exact) mass is 681 g/mol. The van der Waals surface area contributed by atoms with Crippen molar-refractivity contribution >= 4 is 39.0 Å². The summed E-state index contributed by atoms with van der Waals surface area (Å²) in [5.74, 6) is 5.28. The normalized spacial score (nSPS) is 30.8. The summed E-state index contributed by atoms with van der Waals surface area (Å²) in [6.45, 7) is 9.72. The first-order chi connectivity index (χ1) is 25.2. The van der Waals surface area contributed by atoms with Gasteiger partial charge in [0.2, 0.25) is 0 Å². The second kappa shape index (κ2) is 9.72. The molecule has 1 aliphatic heterocycles. The third-order valence-electron chi connectivity index (χ3n) is 15.6. The van der Waals surface area contributed by atoms with Gasteiger partial charge < -0.3 is 14.1 Å². The average molecular weight is 682 g/mol. The van der Waals surface area contributed by atoms with Gasteiger partial charge in [0, 0.05) is 33.3 Å². The van der Waals surface area contributed by atoms with Gasteiger partial charge in [0.05, 0.1) is 11.1 Å². The molecular weight excluding hydrogens is 635 g/mol. The molecule has 12 rings (SSSR count). The summed E-state index contributed by atoms with van der Waals surface area (Å²) >= 11 is 0. The summed E-state index contributed by atoms with van der Waals surface area (Å²) in [6, 6.07) is 38.7. The second-order valence-corrected chi connectivity index (χ2v) is 18.9. The number of anilines is 3. The summed E-state index contributed by atoms with van der Waals surface area (Å²) in [6.07, 6.45) is 9.47. The van der Waals surface area contributed by atoms with Crippen molar-refractivity contribution in [1.82, 2.24) is 0 Å². The predicted octanol–water partition coefficient (Wildman–Crippen LogP) is 13.3. The van der Waals surface area contributed by atoms with E-state index in [1.54, 1.807) is 0 Å². The molecule has 2 heterocycles. The minimum atomic E-state index is 0.00594. The molecule has 5 aromatic carbocycles. The van der Waals surface area contributed by atoms with E-state index in [9.17, 15) is 0 Å². The first kappa shape index (κ1) is 30.0. The van der Waals surface area contributed by atoms with Gasteiger partial charge in [-0.15, -0.1) is 0 Å². The molecular formula is C49H47NO2. The quantitative estimate of drug-likeness (QED) is 0.186. The predicted molar refractivity (Wildman–Crippen MR) is 210 cm³/mol. The van der Waals surface area contributed by atoms with Crippen molar-refractivity contribution in [3.8, 4) is 11.5 Å². The Morgan fingerprint density at radius 1 is 0.577 bits per heavy atom. The molecule has 4 saturated carbocycles. The van der Waals surface area contributed by atoms with Crippen LogP contribution in [0.2, 0.25) is 0 Å². The molecule has 3 nitrogen and oxygen atoms in total. The number of para-hydroxylation sites is 2. The van der Waals surface area contributed by atoms with Gasteiger partial charge in [0.15, 0.2) is 0 Å². The summed E-state index contributed by atoms with van der Waals surface area (Å²) < 4.78 is 13.4. The topological polar surface area (TPSA) is 25.6 Å². The fraction of sp³-hybridized carbons (Fsp3) is 0.388. The summed E-state index contributed by atoms with van der Waals surface area (Å²) in [7, 11) is 0. The van der Waals surface area contributed by atoms with Crippen molar-refractivity contribution in [2.24, 2.45) is 29.1 Å². The molecule has 0 amide bonds. The highest BCUT2D eigenvalue weighted by molar-refractivity contribution is 6.13. The van der Waals surface area contributed by atoms with Crippen LogP contribution in [-0.2, 0) is 16.2 Å². The summed E-state index contributed by atoms with van der Waals surface area (Å²) in [5, 5.41) is 2.32. The molecule has 3 heteroatoms. The lowest BCUT2D eigenvalue weighted by atomic mass is 9.37. The Kier molecular flexibility index (Phi) is 5.61. The highest BCUT2D eigenvalue weighted by Crippen LogP contribution is 2.85. The van der Waals surface area contributed by atoms with Crippen LogP contribution in [0.5, 0.6) is 11.5 Å². The Morgan fingerprint density at radius 3 is 2.04 bits per heavy atom. The average Bonchev–Trinajstić information content (AvgIpc) is 3.73. The van der Waals surface area contributed by atoms with Crippen LogP contribution in [0, 0.1) is 29.1 Å². The molecule has 6 aliphatic rings. The van der Waals surface area contributed by atoms with Crippen LogP contribution in [0.1, 0.15) is 94.9 Å².